The predicted molar refractivity (Wildman–Crippen MR) is 107 cm³/mol. The quantitative estimate of drug-likeness (QED) is 0.283. The van der Waals surface area contributed by atoms with E-state index in [1.165, 1.54) is 5.57 Å². The number of nitrogens with one attached hydrogen (secondary N) is 1. The highest BCUT2D eigenvalue weighted by Gasteiger charge is 2.68. The normalized spacial score (nSPS) is 51.2. The number of aliphatic hydroxyl groups is 3. The first-order valence-corrected chi connectivity index (χ1v) is 10.6. The first-order chi connectivity index (χ1) is 13.1. The Morgan fingerprint density at radius 1 is 1.32 bits per heavy atom. The van der Waals surface area contributed by atoms with Gasteiger partial charge in [-0.25, -0.2) is 0 Å². The Morgan fingerprint density at radius 3 is 2.68 bits per heavy atom. The lowest BCUT2D eigenvalue weighted by molar-refractivity contribution is -0.157. The van der Waals surface area contributed by atoms with Gasteiger partial charge in [-0.1, -0.05) is 31.5 Å². The maximum atomic E-state index is 11.5. The van der Waals surface area contributed by atoms with Crippen LogP contribution in [0.15, 0.2) is 16.8 Å². The first kappa shape index (κ1) is 20.0. The molecule has 0 aliphatic heterocycles. The molecule has 4 rings (SSSR count). The molecule has 0 radical (unpaired) electrons. The maximum absolute atomic E-state index is 11.5. The summed E-state index contributed by atoms with van der Waals surface area (Å²) in [5, 5.41) is 53.3. The number of hydrogen-bond acceptors (Lipinski definition) is 6. The van der Waals surface area contributed by atoms with Crippen LogP contribution in [0.2, 0.25) is 0 Å². The summed E-state index contributed by atoms with van der Waals surface area (Å²) in [6.07, 6.45) is 5.76. The number of hydrogen-bond donors (Lipinski definition) is 5. The van der Waals surface area contributed by atoms with Crippen molar-refractivity contribution in [1.29, 1.82) is 5.41 Å². The van der Waals surface area contributed by atoms with E-state index in [4.69, 9.17) is 5.41 Å². The van der Waals surface area contributed by atoms with Gasteiger partial charge in [0, 0.05) is 11.1 Å². The number of aliphatic hydroxyl groups excluding tert-OH is 2. The lowest BCUT2D eigenvalue weighted by Crippen LogP contribution is -2.62. The Morgan fingerprint density at radius 2 is 2.04 bits per heavy atom. The molecule has 3 fully saturated rings. The molecule has 0 bridgehead atoms. The zero-order chi connectivity index (χ0) is 20.5. The minimum absolute atomic E-state index is 0.0184. The smallest absolute Gasteiger partial charge is 0.114 e. The van der Waals surface area contributed by atoms with Gasteiger partial charge in [0.2, 0.25) is 0 Å². The zero-order valence-electron chi connectivity index (χ0n) is 17.1. The second kappa shape index (κ2) is 6.38. The van der Waals surface area contributed by atoms with Crippen LogP contribution in [-0.2, 0) is 0 Å². The number of rotatable bonds is 2. The molecular formula is C22H34N2O4. The van der Waals surface area contributed by atoms with Crippen LogP contribution in [0.1, 0.15) is 59.3 Å². The molecule has 0 aromatic rings. The third-order valence-electron chi connectivity index (χ3n) is 9.15. The van der Waals surface area contributed by atoms with E-state index in [9.17, 15) is 20.5 Å². The van der Waals surface area contributed by atoms with Crippen molar-refractivity contribution in [3.8, 4) is 0 Å². The van der Waals surface area contributed by atoms with Crippen LogP contribution in [-0.4, -0.2) is 50.3 Å². The average molecular weight is 391 g/mol. The van der Waals surface area contributed by atoms with Crippen molar-refractivity contribution >= 4 is 11.4 Å². The first-order valence-electron chi connectivity index (χ1n) is 10.6. The van der Waals surface area contributed by atoms with Gasteiger partial charge in [-0.15, -0.1) is 0 Å². The fraction of sp³-hybridized carbons (Fsp3) is 0.818. The molecule has 0 aromatic heterocycles. The molecular weight excluding hydrogens is 356 g/mol. The van der Waals surface area contributed by atoms with Crippen molar-refractivity contribution in [3.05, 3.63) is 11.6 Å². The maximum Gasteiger partial charge on any atom is 0.114 e. The van der Waals surface area contributed by atoms with Crippen LogP contribution in [0.3, 0.4) is 0 Å². The average Bonchev–Trinajstić information content (AvgIpc) is 2.89. The second-order valence-corrected chi connectivity index (χ2v) is 10.3. The van der Waals surface area contributed by atoms with Gasteiger partial charge >= 0.3 is 0 Å². The lowest BCUT2D eigenvalue weighted by Gasteiger charge is -2.62. The van der Waals surface area contributed by atoms with Crippen LogP contribution in [0, 0.1) is 39.9 Å². The monoisotopic (exact) mass is 390 g/mol. The minimum Gasteiger partial charge on any atom is -0.411 e. The summed E-state index contributed by atoms with van der Waals surface area (Å²) in [4.78, 5) is 0. The molecule has 0 heterocycles. The Kier molecular flexibility index (Phi) is 4.57. The van der Waals surface area contributed by atoms with Crippen molar-refractivity contribution in [2.45, 2.75) is 71.0 Å². The van der Waals surface area contributed by atoms with Crippen molar-refractivity contribution < 1.29 is 20.5 Å². The van der Waals surface area contributed by atoms with E-state index in [1.807, 2.05) is 6.92 Å². The predicted octanol–water partition coefficient (Wildman–Crippen LogP) is 2.74. The van der Waals surface area contributed by atoms with Crippen LogP contribution in [0.4, 0.5) is 0 Å². The topological polar surface area (TPSA) is 117 Å². The number of fused-ring (bicyclic) bond motifs is 5. The highest BCUT2D eigenvalue weighted by molar-refractivity contribution is 5.95. The zero-order valence-corrected chi connectivity index (χ0v) is 17.1. The van der Waals surface area contributed by atoms with Gasteiger partial charge in [-0.2, -0.15) is 0 Å². The largest absolute Gasteiger partial charge is 0.411 e. The molecule has 6 nitrogen and oxygen atoms in total. The summed E-state index contributed by atoms with van der Waals surface area (Å²) in [5.41, 5.74) is -0.105. The highest BCUT2D eigenvalue weighted by atomic mass is 16.4. The molecule has 0 unspecified atom stereocenters. The summed E-state index contributed by atoms with van der Waals surface area (Å²) in [5.74, 6) is 0.938. The van der Waals surface area contributed by atoms with Crippen molar-refractivity contribution in [2.24, 2.45) is 39.7 Å². The van der Waals surface area contributed by atoms with Crippen LogP contribution in [0.5, 0.6) is 0 Å². The van der Waals surface area contributed by atoms with Gasteiger partial charge < -0.3 is 25.9 Å². The minimum atomic E-state index is -1.39. The third-order valence-corrected chi connectivity index (χ3v) is 9.15. The fourth-order valence-corrected chi connectivity index (χ4v) is 7.87. The van der Waals surface area contributed by atoms with Gasteiger partial charge in [-0.3, -0.25) is 0 Å². The van der Waals surface area contributed by atoms with E-state index in [0.29, 0.717) is 24.5 Å². The van der Waals surface area contributed by atoms with Crippen LogP contribution < -0.4 is 0 Å². The van der Waals surface area contributed by atoms with Crippen molar-refractivity contribution in [1.82, 2.24) is 0 Å². The molecule has 8 atom stereocenters. The molecule has 5 N–H and O–H groups in total. The summed E-state index contributed by atoms with van der Waals surface area (Å²) in [6, 6.07) is 0. The van der Waals surface area contributed by atoms with E-state index in [0.717, 1.165) is 25.7 Å². The molecule has 0 spiro atoms. The van der Waals surface area contributed by atoms with E-state index in [2.05, 4.69) is 25.1 Å². The number of oxime groups is 1. The Labute approximate surface area is 166 Å². The molecule has 3 saturated carbocycles. The SMILES string of the molecule is C[C@H]1C[C@@H]2[C@H]([C@@H](O)C[C@@]3(C)[C@H]2CC[C@]3(O)/C(CO)=N/O)[C@@]2(C)CCC(=N)C=C12. The number of nitrogens with zero attached hydrogens (tertiary/aromatic N) is 1. The Bertz CT molecular complexity index is 749. The summed E-state index contributed by atoms with van der Waals surface area (Å²) >= 11 is 0. The van der Waals surface area contributed by atoms with Gasteiger partial charge in [0.1, 0.15) is 11.3 Å². The van der Waals surface area contributed by atoms with E-state index in [-0.39, 0.29) is 28.9 Å². The standard InChI is InChI=1S/C22H34N2O4/c1-12-8-14-15-5-7-22(27,18(11-25)24-28)21(15,3)10-17(26)19(14)20(2)6-4-13(23)9-16(12)20/h9,12,14-15,17,19,23,25-28H,4-8,10-11H2,1-3H3/b23-13?,24-18+/t12-,14-,15-,17-,19+,20-,21-,22-/m0/s1. The summed E-state index contributed by atoms with van der Waals surface area (Å²) < 4.78 is 0. The molecule has 28 heavy (non-hydrogen) atoms. The molecule has 0 amide bonds. The molecule has 4 aliphatic carbocycles. The van der Waals surface area contributed by atoms with Crippen molar-refractivity contribution in [3.63, 3.8) is 0 Å². The molecule has 156 valence electrons. The van der Waals surface area contributed by atoms with E-state index >= 15 is 0 Å². The summed E-state index contributed by atoms with van der Waals surface area (Å²) in [7, 11) is 0. The van der Waals surface area contributed by atoms with Crippen LogP contribution in [0.25, 0.3) is 0 Å². The third kappa shape index (κ3) is 2.37. The number of allylic oxidation sites excluding steroid dienone is 2. The molecule has 6 heteroatoms. The van der Waals surface area contributed by atoms with Crippen LogP contribution >= 0.6 is 0 Å². The second-order valence-electron chi connectivity index (χ2n) is 10.3. The Balaban J connectivity index is 1.77. The van der Waals surface area contributed by atoms with Gasteiger partial charge in [0.15, 0.2) is 0 Å². The highest BCUT2D eigenvalue weighted by Crippen LogP contribution is 2.68. The van der Waals surface area contributed by atoms with Gasteiger partial charge in [0.05, 0.1) is 12.7 Å². The fourth-order valence-electron chi connectivity index (χ4n) is 7.87. The van der Waals surface area contributed by atoms with E-state index < -0.39 is 23.7 Å². The van der Waals surface area contributed by atoms with Crippen molar-refractivity contribution in [2.75, 3.05) is 6.61 Å². The molecule has 0 aromatic carbocycles. The summed E-state index contributed by atoms with van der Waals surface area (Å²) in [6.45, 7) is 6.01. The Hall–Kier alpha value is -1.24. The van der Waals surface area contributed by atoms with Gasteiger partial charge in [0.25, 0.3) is 0 Å². The molecule has 0 saturated heterocycles. The lowest BCUT2D eigenvalue weighted by atomic mass is 9.44. The van der Waals surface area contributed by atoms with E-state index in [1.54, 1.807) is 0 Å². The van der Waals surface area contributed by atoms with Gasteiger partial charge in [-0.05, 0) is 73.7 Å². The molecule has 4 aliphatic rings.